The minimum Gasteiger partial charge on any atom is -0.305 e. The highest BCUT2D eigenvalue weighted by molar-refractivity contribution is 7.90. The Kier molecular flexibility index (Phi) is 6.51. The minimum absolute atomic E-state index is 0.258. The van der Waals surface area contributed by atoms with E-state index in [0.717, 1.165) is 6.42 Å². The molecule has 0 aliphatic heterocycles. The third-order valence-corrected chi connectivity index (χ3v) is 4.42. The Morgan fingerprint density at radius 3 is 1.94 bits per heavy atom. The van der Waals surface area contributed by atoms with Crippen LogP contribution in [-0.4, -0.2) is 45.2 Å². The fourth-order valence-electron chi connectivity index (χ4n) is 1.40. The lowest BCUT2D eigenvalue weighted by molar-refractivity contribution is 0.255. The van der Waals surface area contributed by atoms with Crippen LogP contribution in [-0.2, 0) is 10.0 Å². The van der Waals surface area contributed by atoms with E-state index in [0.29, 0.717) is 12.5 Å². The zero-order valence-corrected chi connectivity index (χ0v) is 12.1. The van der Waals surface area contributed by atoms with E-state index >= 15 is 0 Å². The monoisotopic (exact) mass is 250 g/mol. The van der Waals surface area contributed by atoms with Crippen molar-refractivity contribution in [3.63, 3.8) is 0 Å². The average Bonchev–Trinajstić information content (AvgIpc) is 2.10. The molecule has 0 radical (unpaired) electrons. The highest BCUT2D eigenvalue weighted by atomic mass is 32.2. The van der Waals surface area contributed by atoms with Gasteiger partial charge in [0.25, 0.3) is 0 Å². The third-order valence-electron chi connectivity index (χ3n) is 2.61. The molecule has 0 saturated heterocycles. The zero-order valence-electron chi connectivity index (χ0n) is 11.3. The van der Waals surface area contributed by atoms with Crippen LogP contribution >= 0.6 is 0 Å². The summed E-state index contributed by atoms with van der Waals surface area (Å²) in [5.74, 6) is 0.566. The molecule has 0 fully saturated rings. The van der Waals surface area contributed by atoms with Crippen molar-refractivity contribution in [2.45, 2.75) is 45.4 Å². The first kappa shape index (κ1) is 15.9. The van der Waals surface area contributed by atoms with E-state index in [9.17, 15) is 8.42 Å². The summed E-state index contributed by atoms with van der Waals surface area (Å²) in [5, 5.41) is -0.366. The van der Waals surface area contributed by atoms with Gasteiger partial charge in [-0.2, -0.15) is 0 Å². The van der Waals surface area contributed by atoms with Crippen molar-refractivity contribution in [2.24, 2.45) is 5.92 Å². The van der Waals surface area contributed by atoms with Crippen LogP contribution in [0.1, 0.15) is 34.1 Å². The molecule has 0 spiro atoms. The molecule has 1 unspecified atom stereocenters. The van der Waals surface area contributed by atoms with Crippen molar-refractivity contribution in [2.75, 3.05) is 20.6 Å². The Balaban J connectivity index is 4.33. The molecule has 0 amide bonds. The molecular weight excluding hydrogens is 224 g/mol. The Morgan fingerprint density at radius 2 is 1.62 bits per heavy atom. The van der Waals surface area contributed by atoms with Crippen LogP contribution in [0.2, 0.25) is 0 Å². The van der Waals surface area contributed by atoms with Crippen molar-refractivity contribution < 1.29 is 8.42 Å². The quantitative estimate of drug-likeness (QED) is 0.741. The molecule has 1 N–H and O–H groups in total. The summed E-state index contributed by atoms with van der Waals surface area (Å²) in [5.41, 5.74) is 0. The maximum Gasteiger partial charge on any atom is 0.213 e. The summed E-state index contributed by atoms with van der Waals surface area (Å²) < 4.78 is 25.9. The number of rotatable bonds is 7. The van der Waals surface area contributed by atoms with Crippen LogP contribution in [0.15, 0.2) is 0 Å². The van der Waals surface area contributed by atoms with Gasteiger partial charge in [0, 0.05) is 12.6 Å². The van der Waals surface area contributed by atoms with E-state index in [1.165, 1.54) is 0 Å². The Bertz CT molecular complexity index is 284. The summed E-state index contributed by atoms with van der Waals surface area (Å²) >= 11 is 0. The average molecular weight is 250 g/mol. The minimum atomic E-state index is -3.14. The largest absolute Gasteiger partial charge is 0.305 e. The van der Waals surface area contributed by atoms with E-state index in [1.807, 2.05) is 14.1 Å². The van der Waals surface area contributed by atoms with Gasteiger partial charge in [0.05, 0.1) is 5.25 Å². The van der Waals surface area contributed by atoms with Gasteiger partial charge in [-0.15, -0.1) is 0 Å². The van der Waals surface area contributed by atoms with Gasteiger partial charge in [-0.1, -0.05) is 13.8 Å². The maximum absolute atomic E-state index is 11.6. The molecule has 98 valence electrons. The number of likely N-dealkylation sites (N-methyl/N-ethyl adjacent to an activating group) is 1. The zero-order chi connectivity index (χ0) is 12.9. The number of hydrogen-bond acceptors (Lipinski definition) is 3. The summed E-state index contributed by atoms with van der Waals surface area (Å²) in [7, 11) is 0.826. The van der Waals surface area contributed by atoms with Gasteiger partial charge >= 0.3 is 0 Å². The molecule has 1 atom stereocenters. The topological polar surface area (TPSA) is 49.4 Å². The van der Waals surface area contributed by atoms with Gasteiger partial charge in [0.15, 0.2) is 0 Å². The van der Waals surface area contributed by atoms with Gasteiger partial charge < -0.3 is 4.90 Å². The molecule has 0 aromatic heterocycles. The summed E-state index contributed by atoms with van der Waals surface area (Å²) in [6, 6.07) is 0.258. The molecule has 16 heavy (non-hydrogen) atoms. The molecule has 5 heteroatoms. The van der Waals surface area contributed by atoms with Crippen molar-refractivity contribution in [1.29, 1.82) is 0 Å². The van der Waals surface area contributed by atoms with Crippen molar-refractivity contribution in [3.8, 4) is 0 Å². The standard InChI is InChI=1S/C11H26N2O2S/c1-9(2)7-11(13(5)6)8-12-16(14,15)10(3)4/h9-12H,7-8H2,1-6H3. The van der Waals surface area contributed by atoms with E-state index in [4.69, 9.17) is 0 Å². The van der Waals surface area contributed by atoms with Gasteiger partial charge in [-0.3, -0.25) is 0 Å². The fraction of sp³-hybridized carbons (Fsp3) is 1.00. The van der Waals surface area contributed by atoms with Crippen LogP contribution in [0.5, 0.6) is 0 Å². The number of hydrogen-bond donors (Lipinski definition) is 1. The van der Waals surface area contributed by atoms with Crippen molar-refractivity contribution >= 4 is 10.0 Å². The Morgan fingerprint density at radius 1 is 1.12 bits per heavy atom. The molecule has 0 saturated carbocycles. The van der Waals surface area contributed by atoms with Crippen LogP contribution in [0.4, 0.5) is 0 Å². The Hall–Kier alpha value is -0.130. The van der Waals surface area contributed by atoms with E-state index in [-0.39, 0.29) is 11.3 Å². The lowest BCUT2D eigenvalue weighted by atomic mass is 10.0. The summed E-state index contributed by atoms with van der Waals surface area (Å²) in [6.07, 6.45) is 0.994. The van der Waals surface area contributed by atoms with Gasteiger partial charge in [-0.25, -0.2) is 13.1 Å². The SMILES string of the molecule is CC(C)CC(CNS(=O)(=O)C(C)C)N(C)C. The first-order valence-corrected chi connectivity index (χ1v) is 7.36. The lowest BCUT2D eigenvalue weighted by Crippen LogP contribution is -2.42. The lowest BCUT2D eigenvalue weighted by Gasteiger charge is -2.26. The third kappa shape index (κ3) is 5.82. The van der Waals surface area contributed by atoms with Gasteiger partial charge in [0.1, 0.15) is 0 Å². The highest BCUT2D eigenvalue weighted by Gasteiger charge is 2.19. The molecule has 0 bridgehead atoms. The Labute approximate surface area is 100 Å². The summed E-state index contributed by atoms with van der Waals surface area (Å²) in [6.45, 7) is 8.16. The van der Waals surface area contributed by atoms with E-state index in [1.54, 1.807) is 13.8 Å². The molecule has 0 aromatic carbocycles. The second-order valence-corrected chi connectivity index (χ2v) is 7.51. The van der Waals surface area contributed by atoms with E-state index in [2.05, 4.69) is 23.5 Å². The molecule has 0 aromatic rings. The fourth-order valence-corrected chi connectivity index (χ4v) is 2.16. The molecule has 0 heterocycles. The predicted molar refractivity (Wildman–Crippen MR) is 69.0 cm³/mol. The molecule has 0 rings (SSSR count). The van der Waals surface area contributed by atoms with Gasteiger partial charge in [0.2, 0.25) is 10.0 Å². The second kappa shape index (κ2) is 6.57. The number of sulfonamides is 1. The first-order chi connectivity index (χ1) is 7.16. The summed E-state index contributed by atoms with van der Waals surface area (Å²) in [4.78, 5) is 2.07. The number of nitrogens with one attached hydrogen (secondary N) is 1. The maximum atomic E-state index is 11.6. The van der Waals surface area contributed by atoms with Crippen molar-refractivity contribution in [1.82, 2.24) is 9.62 Å². The normalized spacial score (nSPS) is 15.1. The van der Waals surface area contributed by atoms with Gasteiger partial charge in [-0.05, 0) is 40.3 Å². The van der Waals surface area contributed by atoms with Crippen molar-refractivity contribution in [3.05, 3.63) is 0 Å². The van der Waals surface area contributed by atoms with Crippen LogP contribution in [0.3, 0.4) is 0 Å². The van der Waals surface area contributed by atoms with Crippen LogP contribution in [0, 0.1) is 5.92 Å². The predicted octanol–water partition coefficient (Wildman–Crippen LogP) is 1.29. The van der Waals surface area contributed by atoms with Crippen LogP contribution < -0.4 is 4.72 Å². The van der Waals surface area contributed by atoms with E-state index < -0.39 is 10.0 Å². The van der Waals surface area contributed by atoms with Crippen LogP contribution in [0.25, 0.3) is 0 Å². The molecular formula is C11H26N2O2S. The molecule has 0 aliphatic rings. The second-order valence-electron chi connectivity index (χ2n) is 5.19. The molecule has 0 aliphatic carbocycles. The first-order valence-electron chi connectivity index (χ1n) is 5.81. The molecule has 4 nitrogen and oxygen atoms in total. The highest BCUT2D eigenvalue weighted by Crippen LogP contribution is 2.09. The number of nitrogens with zero attached hydrogens (tertiary/aromatic N) is 1. The smallest absolute Gasteiger partial charge is 0.213 e.